The Morgan fingerprint density at radius 2 is 1.64 bits per heavy atom. The Labute approximate surface area is 132 Å². The molecule has 0 N–H and O–H groups in total. The third-order valence-corrected chi connectivity index (χ3v) is 5.58. The predicted molar refractivity (Wildman–Crippen MR) is 86.0 cm³/mol. The summed E-state index contributed by atoms with van der Waals surface area (Å²) in [4.78, 5) is 11.8. The topological polar surface area (TPSA) is 61.8 Å². The van der Waals surface area contributed by atoms with Crippen molar-refractivity contribution in [3.05, 3.63) is 35.9 Å². The van der Waals surface area contributed by atoms with Gasteiger partial charge in [-0.15, -0.1) is 0 Å². The second-order valence-electron chi connectivity index (χ2n) is 4.73. The second kappa shape index (κ2) is 9.78. The molecule has 0 saturated heterocycles. The molecule has 0 aliphatic carbocycles. The van der Waals surface area contributed by atoms with Gasteiger partial charge < -0.3 is 13.8 Å². The van der Waals surface area contributed by atoms with Crippen LogP contribution < -0.4 is 0 Å². The third-order valence-electron chi connectivity index (χ3n) is 3.09. The van der Waals surface area contributed by atoms with Crippen LogP contribution in [0, 0.1) is 0 Å². The van der Waals surface area contributed by atoms with Gasteiger partial charge in [-0.2, -0.15) is 0 Å². The summed E-state index contributed by atoms with van der Waals surface area (Å²) in [6.07, 6.45) is 0.455. The van der Waals surface area contributed by atoms with Crippen LogP contribution in [0.1, 0.15) is 32.8 Å². The van der Waals surface area contributed by atoms with Crippen molar-refractivity contribution in [2.24, 2.45) is 0 Å². The number of carbonyl (C=O) groups is 1. The smallest absolute Gasteiger partial charge is 0.334 e. The monoisotopic (exact) mass is 328 g/mol. The molecule has 0 heterocycles. The van der Waals surface area contributed by atoms with Crippen LogP contribution in [0.2, 0.25) is 0 Å². The Balaban J connectivity index is 2.97. The van der Waals surface area contributed by atoms with Gasteiger partial charge in [-0.25, -0.2) is 0 Å². The van der Waals surface area contributed by atoms with Crippen molar-refractivity contribution in [3.63, 3.8) is 0 Å². The summed E-state index contributed by atoms with van der Waals surface area (Å²) in [5.41, 5.74) is 0.435. The van der Waals surface area contributed by atoms with Gasteiger partial charge in [-0.1, -0.05) is 30.3 Å². The molecule has 0 fully saturated rings. The lowest BCUT2D eigenvalue weighted by Crippen LogP contribution is -2.21. The molecule has 0 amide bonds. The molecule has 1 aromatic carbocycles. The van der Waals surface area contributed by atoms with Crippen LogP contribution in [0.5, 0.6) is 0 Å². The first-order chi connectivity index (χ1) is 10.6. The Hall–Kier alpha value is -1.16. The lowest BCUT2D eigenvalue weighted by atomic mass is 10.1. The molecule has 22 heavy (non-hydrogen) atoms. The highest BCUT2D eigenvalue weighted by molar-refractivity contribution is 7.54. The minimum Gasteiger partial charge on any atom is -0.466 e. The van der Waals surface area contributed by atoms with E-state index in [0.29, 0.717) is 13.0 Å². The highest BCUT2D eigenvalue weighted by Crippen LogP contribution is 2.55. The number of benzene rings is 1. The number of hydrogen-bond acceptors (Lipinski definition) is 5. The van der Waals surface area contributed by atoms with Crippen molar-refractivity contribution in [3.8, 4) is 0 Å². The molecular weight excluding hydrogens is 303 g/mol. The van der Waals surface area contributed by atoms with Gasteiger partial charge in [0.15, 0.2) is 0 Å². The molecule has 0 radical (unpaired) electrons. The SMILES string of the molecule is CCOC(=O)CC(Cc1ccccc1)P(=O)(OCC)OCC. The van der Waals surface area contributed by atoms with Gasteiger partial charge in [0.25, 0.3) is 0 Å². The molecule has 0 spiro atoms. The van der Waals surface area contributed by atoms with Gasteiger partial charge in [0.1, 0.15) is 0 Å². The Kier molecular flexibility index (Phi) is 8.39. The van der Waals surface area contributed by atoms with Crippen molar-refractivity contribution in [2.45, 2.75) is 39.3 Å². The maximum absolute atomic E-state index is 13.0. The van der Waals surface area contributed by atoms with Crippen LogP contribution in [-0.2, 0) is 29.6 Å². The first-order valence-electron chi connectivity index (χ1n) is 7.64. The lowest BCUT2D eigenvalue weighted by molar-refractivity contribution is -0.143. The van der Waals surface area contributed by atoms with E-state index in [-0.39, 0.29) is 25.6 Å². The Morgan fingerprint density at radius 3 is 2.14 bits per heavy atom. The van der Waals surface area contributed by atoms with Crippen molar-refractivity contribution < 1.29 is 23.1 Å². The third kappa shape index (κ3) is 5.91. The molecule has 1 atom stereocenters. The van der Waals surface area contributed by atoms with Gasteiger partial charge in [-0.05, 0) is 32.8 Å². The minimum absolute atomic E-state index is 0.0139. The molecule has 1 unspecified atom stereocenters. The zero-order chi connectivity index (χ0) is 16.4. The van der Waals surface area contributed by atoms with Crippen LogP contribution in [-0.4, -0.2) is 31.4 Å². The predicted octanol–water partition coefficient (Wildman–Crippen LogP) is 3.82. The highest BCUT2D eigenvalue weighted by Gasteiger charge is 2.37. The maximum atomic E-state index is 13.0. The number of rotatable bonds is 10. The summed E-state index contributed by atoms with van der Waals surface area (Å²) in [7, 11) is -3.37. The van der Waals surface area contributed by atoms with E-state index in [9.17, 15) is 9.36 Å². The van der Waals surface area contributed by atoms with Crippen LogP contribution >= 0.6 is 7.60 Å². The molecule has 0 bridgehead atoms. The van der Waals surface area contributed by atoms with E-state index >= 15 is 0 Å². The molecule has 0 aliphatic rings. The summed E-state index contributed by atoms with van der Waals surface area (Å²) in [6.45, 7) is 6.10. The minimum atomic E-state index is -3.37. The van der Waals surface area contributed by atoms with E-state index < -0.39 is 13.3 Å². The second-order valence-corrected chi connectivity index (χ2v) is 7.05. The van der Waals surface area contributed by atoms with Crippen LogP contribution in [0.4, 0.5) is 0 Å². The average molecular weight is 328 g/mol. The van der Waals surface area contributed by atoms with E-state index in [2.05, 4.69) is 0 Å². The first-order valence-corrected chi connectivity index (χ1v) is 9.25. The fourth-order valence-electron chi connectivity index (χ4n) is 2.20. The molecule has 6 heteroatoms. The van der Waals surface area contributed by atoms with E-state index in [1.165, 1.54) is 0 Å². The average Bonchev–Trinajstić information content (AvgIpc) is 2.48. The van der Waals surface area contributed by atoms with Crippen LogP contribution in [0.15, 0.2) is 30.3 Å². The molecule has 1 aromatic rings. The van der Waals surface area contributed by atoms with E-state index in [0.717, 1.165) is 5.56 Å². The summed E-state index contributed by atoms with van der Waals surface area (Å²) in [5, 5.41) is 0. The largest absolute Gasteiger partial charge is 0.466 e. The van der Waals surface area contributed by atoms with Crippen LogP contribution in [0.3, 0.4) is 0 Å². The number of esters is 1. The number of carbonyl (C=O) groups excluding carboxylic acids is 1. The van der Waals surface area contributed by atoms with Gasteiger partial charge in [0.2, 0.25) is 0 Å². The molecule has 5 nitrogen and oxygen atoms in total. The van der Waals surface area contributed by atoms with E-state index in [1.54, 1.807) is 20.8 Å². The summed E-state index contributed by atoms with van der Waals surface area (Å²) >= 11 is 0. The zero-order valence-corrected chi connectivity index (χ0v) is 14.4. The van der Waals surface area contributed by atoms with E-state index in [1.807, 2.05) is 30.3 Å². The van der Waals surface area contributed by atoms with Crippen molar-refractivity contribution in [1.82, 2.24) is 0 Å². The summed E-state index contributed by atoms with van der Waals surface area (Å²) in [6, 6.07) is 9.58. The van der Waals surface area contributed by atoms with Gasteiger partial charge >= 0.3 is 13.6 Å². The standard InChI is InChI=1S/C16H25O5P/c1-4-19-16(17)13-15(12-14-10-8-7-9-11-14)22(18,20-5-2)21-6-3/h7-11,15H,4-6,12-13H2,1-3H3. The van der Waals surface area contributed by atoms with Crippen LogP contribution in [0.25, 0.3) is 0 Å². The van der Waals surface area contributed by atoms with Crippen molar-refractivity contribution in [2.75, 3.05) is 19.8 Å². The molecule has 1 rings (SSSR count). The lowest BCUT2D eigenvalue weighted by Gasteiger charge is -2.25. The van der Waals surface area contributed by atoms with Crippen molar-refractivity contribution in [1.29, 1.82) is 0 Å². The maximum Gasteiger partial charge on any atom is 0.334 e. The first kappa shape index (κ1) is 18.9. The highest BCUT2D eigenvalue weighted by atomic mass is 31.2. The van der Waals surface area contributed by atoms with Gasteiger partial charge in [-0.3, -0.25) is 9.36 Å². The van der Waals surface area contributed by atoms with Gasteiger partial charge in [0.05, 0.1) is 31.9 Å². The fourth-order valence-corrected chi connectivity index (χ4v) is 4.23. The van der Waals surface area contributed by atoms with E-state index in [4.69, 9.17) is 13.8 Å². The van der Waals surface area contributed by atoms with Gasteiger partial charge in [0, 0.05) is 0 Å². The Bertz CT molecular complexity index is 479. The quantitative estimate of drug-likeness (QED) is 0.483. The Morgan fingerprint density at radius 1 is 1.05 bits per heavy atom. The summed E-state index contributed by atoms with van der Waals surface area (Å²) in [5.74, 6) is -0.386. The number of hydrogen-bond donors (Lipinski definition) is 0. The summed E-state index contributed by atoms with van der Waals surface area (Å²) < 4.78 is 28.8. The molecular formula is C16H25O5P. The fraction of sp³-hybridized carbons (Fsp3) is 0.562. The zero-order valence-electron chi connectivity index (χ0n) is 13.5. The number of ether oxygens (including phenoxy) is 1. The molecule has 0 saturated carbocycles. The molecule has 124 valence electrons. The molecule has 0 aliphatic heterocycles. The molecule has 0 aromatic heterocycles. The normalized spacial score (nSPS) is 12.9. The van der Waals surface area contributed by atoms with Crippen molar-refractivity contribution >= 4 is 13.6 Å².